The van der Waals surface area contributed by atoms with Gasteiger partial charge in [-0.05, 0) is 12.5 Å². The number of nitro groups is 1. The minimum absolute atomic E-state index is 0.0344. The van der Waals surface area contributed by atoms with Gasteiger partial charge in [0.25, 0.3) is 5.69 Å². The van der Waals surface area contributed by atoms with E-state index < -0.39 is 10.9 Å². The number of ether oxygens (including phenoxy) is 1. The molecule has 6 heteroatoms. The van der Waals surface area contributed by atoms with Gasteiger partial charge >= 0.3 is 5.97 Å². The first kappa shape index (κ1) is 13.1. The molecule has 19 heavy (non-hydrogen) atoms. The van der Waals surface area contributed by atoms with Crippen LogP contribution in [0.25, 0.3) is 5.57 Å². The summed E-state index contributed by atoms with van der Waals surface area (Å²) in [6.07, 6.45) is 1.95. The van der Waals surface area contributed by atoms with Gasteiger partial charge in [-0.3, -0.25) is 10.1 Å². The molecule has 6 nitrogen and oxygen atoms in total. The SMILES string of the molecule is CCCCC(O)=C1C(=O)Oc2ccc([N+](=O)[O-])cc21. The van der Waals surface area contributed by atoms with Gasteiger partial charge < -0.3 is 9.84 Å². The van der Waals surface area contributed by atoms with Crippen LogP contribution in [0.4, 0.5) is 5.69 Å². The molecule has 1 aromatic carbocycles. The minimum Gasteiger partial charge on any atom is -0.511 e. The number of non-ortho nitro benzene ring substituents is 1. The fourth-order valence-corrected chi connectivity index (χ4v) is 1.92. The number of unbranched alkanes of at least 4 members (excludes halogenated alkanes) is 1. The maximum atomic E-state index is 11.7. The molecule has 2 rings (SSSR count). The summed E-state index contributed by atoms with van der Waals surface area (Å²) in [6.45, 7) is 1.96. The van der Waals surface area contributed by atoms with Crippen LogP contribution in [0.5, 0.6) is 5.75 Å². The topological polar surface area (TPSA) is 89.7 Å². The van der Waals surface area contributed by atoms with Gasteiger partial charge in [0.2, 0.25) is 0 Å². The van der Waals surface area contributed by atoms with Gasteiger partial charge in [-0.2, -0.15) is 0 Å². The van der Waals surface area contributed by atoms with Crippen LogP contribution >= 0.6 is 0 Å². The Kier molecular flexibility index (Phi) is 3.50. The summed E-state index contributed by atoms with van der Waals surface area (Å²) < 4.78 is 4.98. The van der Waals surface area contributed by atoms with Crippen LogP contribution in [-0.2, 0) is 4.79 Å². The second-order valence-electron chi connectivity index (χ2n) is 4.25. The van der Waals surface area contributed by atoms with E-state index in [2.05, 4.69) is 0 Å². The van der Waals surface area contributed by atoms with Gasteiger partial charge in [0.15, 0.2) is 0 Å². The fraction of sp³-hybridized carbons (Fsp3) is 0.308. The molecule has 1 aliphatic rings. The molecule has 0 aromatic heterocycles. The van der Waals surface area contributed by atoms with Gasteiger partial charge in [0, 0.05) is 24.1 Å². The van der Waals surface area contributed by atoms with Crippen molar-refractivity contribution in [2.24, 2.45) is 0 Å². The molecule has 1 aromatic rings. The Morgan fingerprint density at radius 1 is 1.47 bits per heavy atom. The molecular weight excluding hydrogens is 250 g/mol. The highest BCUT2D eigenvalue weighted by atomic mass is 16.6. The number of aliphatic hydroxyl groups is 1. The quantitative estimate of drug-likeness (QED) is 0.225. The lowest BCUT2D eigenvalue weighted by Crippen LogP contribution is -2.03. The van der Waals surface area contributed by atoms with Crippen molar-refractivity contribution in [3.05, 3.63) is 39.6 Å². The maximum Gasteiger partial charge on any atom is 0.347 e. The third kappa shape index (κ3) is 2.42. The minimum atomic E-state index is -0.663. The van der Waals surface area contributed by atoms with Gasteiger partial charge in [-0.15, -0.1) is 0 Å². The summed E-state index contributed by atoms with van der Waals surface area (Å²) in [7, 11) is 0. The highest BCUT2D eigenvalue weighted by molar-refractivity contribution is 6.22. The molecule has 1 N–H and O–H groups in total. The Morgan fingerprint density at radius 3 is 2.84 bits per heavy atom. The van der Waals surface area contributed by atoms with Crippen LogP contribution in [0.15, 0.2) is 24.0 Å². The lowest BCUT2D eigenvalue weighted by Gasteiger charge is -2.02. The molecule has 0 spiro atoms. The zero-order chi connectivity index (χ0) is 14.0. The van der Waals surface area contributed by atoms with Crippen molar-refractivity contribution >= 4 is 17.2 Å². The van der Waals surface area contributed by atoms with E-state index in [1.54, 1.807) is 0 Å². The number of nitro benzene ring substituents is 1. The van der Waals surface area contributed by atoms with Crippen LogP contribution in [-0.4, -0.2) is 16.0 Å². The van der Waals surface area contributed by atoms with Gasteiger partial charge in [0.05, 0.1) is 4.92 Å². The van der Waals surface area contributed by atoms with Gasteiger partial charge in [-0.25, -0.2) is 4.79 Å². The number of esters is 1. The van der Waals surface area contributed by atoms with Crippen molar-refractivity contribution in [3.63, 3.8) is 0 Å². The molecular formula is C13H13NO5. The summed E-state index contributed by atoms with van der Waals surface area (Å²) in [5.74, 6) is -0.496. The third-order valence-electron chi connectivity index (χ3n) is 2.91. The number of benzene rings is 1. The number of carbonyl (C=O) groups is 1. The Balaban J connectivity index is 2.47. The molecule has 0 saturated carbocycles. The van der Waals surface area contributed by atoms with E-state index in [0.29, 0.717) is 6.42 Å². The second kappa shape index (κ2) is 5.09. The highest BCUT2D eigenvalue weighted by Crippen LogP contribution is 2.38. The molecule has 0 fully saturated rings. The average molecular weight is 263 g/mol. The number of hydrogen-bond acceptors (Lipinski definition) is 5. The molecule has 1 heterocycles. The van der Waals surface area contributed by atoms with E-state index in [0.717, 1.165) is 12.8 Å². The van der Waals surface area contributed by atoms with Crippen LogP contribution < -0.4 is 4.74 Å². The lowest BCUT2D eigenvalue weighted by atomic mass is 10.0. The Morgan fingerprint density at radius 2 is 2.21 bits per heavy atom. The van der Waals surface area contributed by atoms with Gasteiger partial charge in [-0.1, -0.05) is 13.3 Å². The zero-order valence-electron chi connectivity index (χ0n) is 10.4. The molecule has 0 aliphatic carbocycles. The van der Waals surface area contributed by atoms with Crippen molar-refractivity contribution in [2.45, 2.75) is 26.2 Å². The lowest BCUT2D eigenvalue weighted by molar-refractivity contribution is -0.384. The molecule has 100 valence electrons. The zero-order valence-corrected chi connectivity index (χ0v) is 10.4. The summed E-state index contributed by atoms with van der Waals surface area (Å²) in [4.78, 5) is 21.9. The first-order valence-corrected chi connectivity index (χ1v) is 5.97. The maximum absolute atomic E-state index is 11.7. The van der Waals surface area contributed by atoms with E-state index in [1.165, 1.54) is 18.2 Å². The Hall–Kier alpha value is -2.37. The first-order valence-electron chi connectivity index (χ1n) is 5.97. The predicted molar refractivity (Wildman–Crippen MR) is 67.8 cm³/mol. The van der Waals surface area contributed by atoms with E-state index in [9.17, 15) is 20.0 Å². The molecule has 0 unspecified atom stereocenters. The summed E-state index contributed by atoms with van der Waals surface area (Å²) in [5.41, 5.74) is 0.179. The molecule has 0 radical (unpaired) electrons. The van der Waals surface area contributed by atoms with Crippen molar-refractivity contribution in [1.82, 2.24) is 0 Å². The Labute approximate surface area is 109 Å². The van der Waals surface area contributed by atoms with E-state index >= 15 is 0 Å². The monoisotopic (exact) mass is 263 g/mol. The number of fused-ring (bicyclic) bond motifs is 1. The largest absolute Gasteiger partial charge is 0.511 e. The standard InChI is InChI=1S/C13H13NO5/c1-2-3-4-10(15)12-9-7-8(14(17)18)5-6-11(9)19-13(12)16/h5-7,15H,2-4H2,1H3. The molecule has 0 atom stereocenters. The first-order chi connectivity index (χ1) is 9.04. The smallest absolute Gasteiger partial charge is 0.347 e. The molecule has 0 saturated heterocycles. The number of rotatable bonds is 4. The molecule has 1 aliphatic heterocycles. The Bertz CT molecular complexity index is 576. The van der Waals surface area contributed by atoms with E-state index in [4.69, 9.17) is 4.74 Å². The number of hydrogen-bond donors (Lipinski definition) is 1. The molecule has 0 bridgehead atoms. The number of carbonyl (C=O) groups excluding carboxylic acids is 1. The summed E-state index contributed by atoms with van der Waals surface area (Å²) in [5, 5.41) is 20.7. The number of aliphatic hydroxyl groups excluding tert-OH is 1. The number of allylic oxidation sites excluding steroid dienone is 1. The normalized spacial score (nSPS) is 15.9. The van der Waals surface area contributed by atoms with Crippen LogP contribution in [0, 0.1) is 10.1 Å². The third-order valence-corrected chi connectivity index (χ3v) is 2.91. The molecule has 0 amide bonds. The van der Waals surface area contributed by atoms with Crippen molar-refractivity contribution in [1.29, 1.82) is 0 Å². The summed E-state index contributed by atoms with van der Waals surface area (Å²) >= 11 is 0. The number of nitrogens with zero attached hydrogens (tertiary/aromatic N) is 1. The summed E-state index contributed by atoms with van der Waals surface area (Å²) in [6, 6.07) is 3.88. The van der Waals surface area contributed by atoms with Crippen molar-refractivity contribution in [2.75, 3.05) is 0 Å². The average Bonchev–Trinajstić information content (AvgIpc) is 2.70. The van der Waals surface area contributed by atoms with Crippen LogP contribution in [0.2, 0.25) is 0 Å². The van der Waals surface area contributed by atoms with Crippen molar-refractivity contribution < 1.29 is 19.6 Å². The van der Waals surface area contributed by atoms with Crippen molar-refractivity contribution in [3.8, 4) is 5.75 Å². The van der Waals surface area contributed by atoms with Crippen LogP contribution in [0.3, 0.4) is 0 Å². The predicted octanol–water partition coefficient (Wildman–Crippen LogP) is 2.97. The fourth-order valence-electron chi connectivity index (χ4n) is 1.92. The van der Waals surface area contributed by atoms with E-state index in [1.807, 2.05) is 6.92 Å². The van der Waals surface area contributed by atoms with Gasteiger partial charge in [0.1, 0.15) is 17.1 Å². The second-order valence-corrected chi connectivity index (χ2v) is 4.25. The highest BCUT2D eigenvalue weighted by Gasteiger charge is 2.31. The van der Waals surface area contributed by atoms with E-state index in [-0.39, 0.29) is 28.3 Å². The van der Waals surface area contributed by atoms with Crippen LogP contribution in [0.1, 0.15) is 31.7 Å².